The smallest absolute Gasteiger partial charge is 0.174 e. The minimum absolute atomic E-state index is 0.0741. The van der Waals surface area contributed by atoms with Crippen LogP contribution in [0.5, 0.6) is 5.75 Å². The van der Waals surface area contributed by atoms with Crippen molar-refractivity contribution in [2.45, 2.75) is 26.8 Å². The molecule has 0 aliphatic rings. The van der Waals surface area contributed by atoms with Gasteiger partial charge in [-0.25, -0.2) is 0 Å². The number of nitrogens with zero attached hydrogens (tertiary/aromatic N) is 1. The summed E-state index contributed by atoms with van der Waals surface area (Å²) in [5.41, 5.74) is 4.11. The summed E-state index contributed by atoms with van der Waals surface area (Å²) in [7, 11) is 0. The Labute approximate surface area is 108 Å². The minimum Gasteiger partial charge on any atom is -0.479 e. The normalized spacial score (nSPS) is 12.2. The number of hydrogen-bond donors (Lipinski definition) is 1. The van der Waals surface area contributed by atoms with Crippen molar-refractivity contribution in [3.63, 3.8) is 0 Å². The van der Waals surface area contributed by atoms with Gasteiger partial charge in [0, 0.05) is 0 Å². The second-order valence-electron chi connectivity index (χ2n) is 4.56. The molecule has 4 heteroatoms. The van der Waals surface area contributed by atoms with Crippen LogP contribution in [0.25, 0.3) is 0 Å². The van der Waals surface area contributed by atoms with Crippen molar-refractivity contribution in [2.75, 3.05) is 13.2 Å². The fourth-order valence-corrected chi connectivity index (χ4v) is 1.38. The van der Waals surface area contributed by atoms with Crippen molar-refractivity contribution in [2.24, 2.45) is 5.92 Å². The van der Waals surface area contributed by atoms with E-state index in [9.17, 15) is 0 Å². The van der Waals surface area contributed by atoms with Crippen LogP contribution in [0, 0.1) is 17.2 Å². The summed E-state index contributed by atoms with van der Waals surface area (Å²) >= 11 is 0. The molecule has 0 radical (unpaired) electrons. The van der Waals surface area contributed by atoms with Crippen molar-refractivity contribution in [1.29, 1.82) is 5.26 Å². The highest BCUT2D eigenvalue weighted by molar-refractivity contribution is 5.28. The number of benzene rings is 1. The molecule has 4 nitrogen and oxygen atoms in total. The molecule has 1 rings (SSSR count). The Morgan fingerprint density at radius 3 is 2.44 bits per heavy atom. The van der Waals surface area contributed by atoms with E-state index in [2.05, 4.69) is 19.3 Å². The monoisotopic (exact) mass is 248 g/mol. The maximum atomic E-state index is 8.41. The molecule has 0 bridgehead atoms. The Hall–Kier alpha value is -1.57. The van der Waals surface area contributed by atoms with Gasteiger partial charge < -0.3 is 9.57 Å². The fourth-order valence-electron chi connectivity index (χ4n) is 1.38. The number of hydrogen-bond acceptors (Lipinski definition) is 4. The third-order valence-electron chi connectivity index (χ3n) is 2.36. The molecule has 1 aromatic rings. The highest BCUT2D eigenvalue weighted by atomic mass is 16.6. The lowest BCUT2D eigenvalue weighted by Gasteiger charge is -2.15. The van der Waals surface area contributed by atoms with Crippen LogP contribution in [0.2, 0.25) is 0 Å². The lowest BCUT2D eigenvalue weighted by Crippen LogP contribution is -2.21. The molecule has 0 aliphatic carbocycles. The van der Waals surface area contributed by atoms with Crippen LogP contribution >= 0.6 is 0 Å². The van der Waals surface area contributed by atoms with E-state index in [0.29, 0.717) is 18.3 Å². The first-order valence-corrected chi connectivity index (χ1v) is 6.10. The van der Waals surface area contributed by atoms with Crippen molar-refractivity contribution in [1.82, 2.24) is 5.48 Å². The Morgan fingerprint density at radius 2 is 1.89 bits per heavy atom. The number of nitriles is 1. The largest absolute Gasteiger partial charge is 0.479 e. The van der Waals surface area contributed by atoms with E-state index in [-0.39, 0.29) is 12.6 Å². The molecule has 18 heavy (non-hydrogen) atoms. The number of ether oxygens (including phenoxy) is 1. The second kappa shape index (κ2) is 7.70. The Bertz CT molecular complexity index is 382. The first-order chi connectivity index (χ1) is 8.63. The number of hydroxylamine groups is 1. The van der Waals surface area contributed by atoms with Crippen LogP contribution in [0.4, 0.5) is 0 Å². The first-order valence-electron chi connectivity index (χ1n) is 6.10. The molecular formula is C14H20N2O2. The van der Waals surface area contributed by atoms with Gasteiger partial charge in [-0.2, -0.15) is 10.7 Å². The highest BCUT2D eigenvalue weighted by Crippen LogP contribution is 2.17. The van der Waals surface area contributed by atoms with E-state index >= 15 is 0 Å². The van der Waals surface area contributed by atoms with Crippen LogP contribution in [-0.2, 0) is 4.84 Å². The van der Waals surface area contributed by atoms with Gasteiger partial charge in [0.05, 0.1) is 12.6 Å². The van der Waals surface area contributed by atoms with Crippen LogP contribution in [0.1, 0.15) is 32.4 Å². The summed E-state index contributed by atoms with van der Waals surface area (Å²) in [6, 6.07) is 9.69. The molecule has 0 fully saturated rings. The van der Waals surface area contributed by atoms with E-state index in [1.54, 1.807) is 0 Å². The maximum Gasteiger partial charge on any atom is 0.174 e. The zero-order valence-corrected chi connectivity index (χ0v) is 11.1. The standard InChI is InChI=1S/C14H20N2O2/c1-11(2)10-18-16-12(3)13-4-6-14(7-5-13)17-9-8-15/h4-7,11-12,16H,9-10H2,1-3H3. The molecule has 0 saturated carbocycles. The van der Waals surface area contributed by atoms with E-state index in [1.165, 1.54) is 0 Å². The number of nitrogens with one attached hydrogen (secondary N) is 1. The van der Waals surface area contributed by atoms with Crippen molar-refractivity contribution in [3.8, 4) is 11.8 Å². The summed E-state index contributed by atoms with van der Waals surface area (Å²) in [5, 5.41) is 8.41. The Balaban J connectivity index is 2.43. The van der Waals surface area contributed by atoms with Gasteiger partial charge in [0.2, 0.25) is 0 Å². The fraction of sp³-hybridized carbons (Fsp3) is 0.500. The number of rotatable bonds is 7. The lowest BCUT2D eigenvalue weighted by molar-refractivity contribution is 0.00408. The van der Waals surface area contributed by atoms with E-state index < -0.39 is 0 Å². The summed E-state index contributed by atoms with van der Waals surface area (Å²) in [6.07, 6.45) is 0. The van der Waals surface area contributed by atoms with Gasteiger partial charge in [0.15, 0.2) is 6.61 Å². The average Bonchev–Trinajstić information content (AvgIpc) is 2.36. The molecule has 1 aromatic carbocycles. The molecule has 0 aromatic heterocycles. The summed E-state index contributed by atoms with van der Waals surface area (Å²) < 4.78 is 5.19. The van der Waals surface area contributed by atoms with Gasteiger partial charge in [-0.3, -0.25) is 0 Å². The van der Waals surface area contributed by atoms with Gasteiger partial charge in [0.1, 0.15) is 11.8 Å². The molecule has 0 heterocycles. The van der Waals surface area contributed by atoms with Gasteiger partial charge in [-0.05, 0) is 30.5 Å². The van der Waals surface area contributed by atoms with Gasteiger partial charge in [0.25, 0.3) is 0 Å². The van der Waals surface area contributed by atoms with Crippen molar-refractivity contribution < 1.29 is 9.57 Å². The third kappa shape index (κ3) is 5.17. The molecule has 0 spiro atoms. The van der Waals surface area contributed by atoms with Crippen LogP contribution in [0.3, 0.4) is 0 Å². The van der Waals surface area contributed by atoms with Gasteiger partial charge in [-0.1, -0.05) is 26.0 Å². The lowest BCUT2D eigenvalue weighted by atomic mass is 10.1. The molecule has 0 aliphatic heterocycles. The van der Waals surface area contributed by atoms with Crippen molar-refractivity contribution >= 4 is 0 Å². The maximum absolute atomic E-state index is 8.41. The molecule has 0 saturated heterocycles. The molecule has 1 atom stereocenters. The quantitative estimate of drug-likeness (QED) is 0.754. The zero-order chi connectivity index (χ0) is 13.4. The highest BCUT2D eigenvalue weighted by Gasteiger charge is 2.05. The molecule has 0 amide bonds. The molecule has 1 unspecified atom stereocenters. The van der Waals surface area contributed by atoms with Gasteiger partial charge in [-0.15, -0.1) is 0 Å². The summed E-state index contributed by atoms with van der Waals surface area (Å²) in [4.78, 5) is 5.38. The van der Waals surface area contributed by atoms with E-state index in [4.69, 9.17) is 14.8 Å². The van der Waals surface area contributed by atoms with Crippen molar-refractivity contribution in [3.05, 3.63) is 29.8 Å². The van der Waals surface area contributed by atoms with E-state index in [0.717, 1.165) is 5.56 Å². The van der Waals surface area contributed by atoms with Crippen LogP contribution < -0.4 is 10.2 Å². The SMILES string of the molecule is CC(C)CONC(C)c1ccc(OCC#N)cc1. The van der Waals surface area contributed by atoms with Gasteiger partial charge >= 0.3 is 0 Å². The first kappa shape index (κ1) is 14.5. The predicted octanol–water partition coefficient (Wildman–Crippen LogP) is 2.83. The second-order valence-corrected chi connectivity index (χ2v) is 4.56. The van der Waals surface area contributed by atoms with Crippen LogP contribution in [0.15, 0.2) is 24.3 Å². The Kier molecular flexibility index (Phi) is 6.20. The molecule has 98 valence electrons. The topological polar surface area (TPSA) is 54.3 Å². The van der Waals surface area contributed by atoms with E-state index in [1.807, 2.05) is 37.3 Å². The predicted molar refractivity (Wildman–Crippen MR) is 69.9 cm³/mol. The average molecular weight is 248 g/mol. The Morgan fingerprint density at radius 1 is 1.22 bits per heavy atom. The summed E-state index contributed by atoms with van der Waals surface area (Å²) in [5.74, 6) is 1.21. The van der Waals surface area contributed by atoms with Crippen LogP contribution in [-0.4, -0.2) is 13.2 Å². The third-order valence-corrected chi connectivity index (χ3v) is 2.36. The summed E-state index contributed by atoms with van der Waals surface area (Å²) in [6.45, 7) is 7.01. The molecular weight excluding hydrogens is 228 g/mol. The minimum atomic E-state index is 0.0741. The zero-order valence-electron chi connectivity index (χ0n) is 11.1. The molecule has 1 N–H and O–H groups in total.